The third-order valence-corrected chi connectivity index (χ3v) is 5.76. The fraction of sp³-hybridized carbons (Fsp3) is 0.435. The molecule has 3 N–H and O–H groups in total. The minimum absolute atomic E-state index is 0.00664. The van der Waals surface area contributed by atoms with Crippen LogP contribution in [0.15, 0.2) is 41.3 Å². The number of hydrogen-bond acceptors (Lipinski definition) is 8. The van der Waals surface area contributed by atoms with Crippen molar-refractivity contribution in [3.8, 4) is 5.88 Å². The third-order valence-electron chi connectivity index (χ3n) is 5.76. The number of halogens is 5. The number of carbonyl (C=O) groups excluding carboxylic acids is 1. The lowest BCUT2D eigenvalue weighted by Crippen LogP contribution is -2.58. The summed E-state index contributed by atoms with van der Waals surface area (Å²) in [7, 11) is 2.86. The number of likely N-dealkylation sites (tertiary alicyclic amines) is 1. The van der Waals surface area contributed by atoms with Gasteiger partial charge in [-0.05, 0) is 12.0 Å². The molecule has 1 unspecified atom stereocenters. The van der Waals surface area contributed by atoms with Crippen molar-refractivity contribution in [1.82, 2.24) is 19.9 Å². The molecule has 14 heteroatoms. The van der Waals surface area contributed by atoms with Crippen LogP contribution in [-0.4, -0.2) is 71.2 Å². The van der Waals surface area contributed by atoms with Crippen molar-refractivity contribution in [2.75, 3.05) is 32.6 Å². The first-order chi connectivity index (χ1) is 17.4. The number of aromatic nitrogens is 3. The van der Waals surface area contributed by atoms with E-state index in [1.165, 1.54) is 20.4 Å². The Morgan fingerprint density at radius 2 is 2.05 bits per heavy atom. The molecule has 0 aliphatic carbocycles. The lowest BCUT2D eigenvalue weighted by atomic mass is 9.88. The van der Waals surface area contributed by atoms with Crippen LogP contribution in [0.4, 0.5) is 27.8 Å². The van der Waals surface area contributed by atoms with Crippen LogP contribution in [0, 0.1) is 5.92 Å². The van der Waals surface area contributed by atoms with Gasteiger partial charge in [0.15, 0.2) is 5.69 Å². The monoisotopic (exact) mass is 527 g/mol. The molecule has 0 radical (unpaired) electrons. The molecular weight excluding hydrogens is 501 g/mol. The Morgan fingerprint density at radius 3 is 2.65 bits per heavy atom. The number of nitrogens with two attached hydrogens (primary N) is 1. The van der Waals surface area contributed by atoms with Gasteiger partial charge in [0, 0.05) is 37.9 Å². The standard InChI is InChI=1S/C23H26F5N7O2/c1-13-7-22(24,25)12-35(16(13)9-32-18-11-31-17(10-33-18)23(26,27)28)21(36)20(29)14(8-30-2)15-5-4-6-19(34-15)37-3/h4-6,8,10-11,13,16H,7,9,12,29H2,1-3H3,(H,32,33)/t13-,16?/m1/s1. The SMILES string of the molecule is CN=CC(=C(N)C(=O)N1CC(F)(F)C[C@@H](C)C1CNc1cnc(C(F)(F)F)cn1)c1cccc(OC)n1. The van der Waals surface area contributed by atoms with Gasteiger partial charge in [-0.25, -0.2) is 23.7 Å². The van der Waals surface area contributed by atoms with Crippen molar-refractivity contribution in [2.24, 2.45) is 16.6 Å². The Labute approximate surface area is 209 Å². The number of pyridine rings is 1. The molecule has 1 aliphatic rings. The zero-order valence-electron chi connectivity index (χ0n) is 20.3. The van der Waals surface area contributed by atoms with Crippen molar-refractivity contribution < 1.29 is 31.5 Å². The first kappa shape index (κ1) is 27.7. The second-order valence-corrected chi connectivity index (χ2v) is 8.48. The van der Waals surface area contributed by atoms with E-state index in [-0.39, 0.29) is 35.2 Å². The van der Waals surface area contributed by atoms with Gasteiger partial charge in [0.25, 0.3) is 11.8 Å². The van der Waals surface area contributed by atoms with Crippen LogP contribution in [0.3, 0.4) is 0 Å². The van der Waals surface area contributed by atoms with Gasteiger partial charge in [0.1, 0.15) is 11.5 Å². The second-order valence-electron chi connectivity index (χ2n) is 8.48. The van der Waals surface area contributed by atoms with Crippen LogP contribution in [0.1, 0.15) is 24.7 Å². The van der Waals surface area contributed by atoms with Crippen molar-refractivity contribution in [2.45, 2.75) is 31.5 Å². The molecule has 3 heterocycles. The summed E-state index contributed by atoms with van der Waals surface area (Å²) in [6.45, 7) is 0.574. The number of piperidine rings is 1. The van der Waals surface area contributed by atoms with Gasteiger partial charge in [0.2, 0.25) is 5.88 Å². The smallest absolute Gasteiger partial charge is 0.434 e. The van der Waals surface area contributed by atoms with Crippen LogP contribution in [-0.2, 0) is 11.0 Å². The van der Waals surface area contributed by atoms with Gasteiger partial charge in [-0.15, -0.1) is 0 Å². The van der Waals surface area contributed by atoms with Crippen molar-refractivity contribution in [1.29, 1.82) is 0 Å². The summed E-state index contributed by atoms with van der Waals surface area (Å²) in [4.78, 5) is 29.6. The highest BCUT2D eigenvalue weighted by Crippen LogP contribution is 2.35. The summed E-state index contributed by atoms with van der Waals surface area (Å²) in [6, 6.07) is 3.99. The minimum atomic E-state index is -4.65. The van der Waals surface area contributed by atoms with Gasteiger partial charge in [-0.3, -0.25) is 9.79 Å². The molecular formula is C23H26F5N7O2. The topological polar surface area (TPSA) is 119 Å². The summed E-state index contributed by atoms with van der Waals surface area (Å²) in [5.41, 5.74) is 5.03. The van der Waals surface area contributed by atoms with Gasteiger partial charge >= 0.3 is 6.18 Å². The van der Waals surface area contributed by atoms with E-state index in [2.05, 4.69) is 25.3 Å². The Morgan fingerprint density at radius 1 is 1.32 bits per heavy atom. The first-order valence-electron chi connectivity index (χ1n) is 11.1. The predicted octanol–water partition coefficient (Wildman–Crippen LogP) is 3.25. The predicted molar refractivity (Wildman–Crippen MR) is 126 cm³/mol. The first-order valence-corrected chi connectivity index (χ1v) is 11.1. The number of carbonyl (C=O) groups is 1. The number of rotatable bonds is 7. The molecule has 37 heavy (non-hydrogen) atoms. The van der Waals surface area contributed by atoms with E-state index >= 15 is 0 Å². The van der Waals surface area contributed by atoms with E-state index in [4.69, 9.17) is 10.5 Å². The molecule has 2 aromatic heterocycles. The molecule has 3 rings (SSSR count). The van der Waals surface area contributed by atoms with E-state index in [0.29, 0.717) is 6.20 Å². The summed E-state index contributed by atoms with van der Waals surface area (Å²) in [5, 5.41) is 2.78. The maximum absolute atomic E-state index is 14.5. The average molecular weight is 527 g/mol. The Kier molecular flexibility index (Phi) is 8.28. The average Bonchev–Trinajstić information content (AvgIpc) is 2.84. The minimum Gasteiger partial charge on any atom is -0.481 e. The molecule has 1 aliphatic heterocycles. The highest BCUT2D eigenvalue weighted by atomic mass is 19.4. The third kappa shape index (κ3) is 6.68. The van der Waals surface area contributed by atoms with Gasteiger partial charge in [-0.2, -0.15) is 13.2 Å². The normalized spacial score (nSPS) is 20.5. The number of methoxy groups -OCH3 is 1. The maximum atomic E-state index is 14.5. The molecule has 2 aromatic rings. The summed E-state index contributed by atoms with van der Waals surface area (Å²) in [6.07, 6.45) is -2.41. The molecule has 0 bridgehead atoms. The van der Waals surface area contributed by atoms with Crippen LogP contribution in [0.2, 0.25) is 0 Å². The molecule has 9 nitrogen and oxygen atoms in total. The number of allylic oxidation sites excluding steroid dienone is 1. The molecule has 1 fully saturated rings. The van der Waals surface area contributed by atoms with Crippen LogP contribution >= 0.6 is 0 Å². The van der Waals surface area contributed by atoms with Crippen LogP contribution in [0.25, 0.3) is 5.57 Å². The Hall–Kier alpha value is -3.84. The highest BCUT2D eigenvalue weighted by molar-refractivity contribution is 6.18. The molecule has 0 spiro atoms. The molecule has 0 saturated carbocycles. The maximum Gasteiger partial charge on any atom is 0.434 e. The van der Waals surface area contributed by atoms with Crippen LogP contribution in [0.5, 0.6) is 5.88 Å². The molecule has 2 atom stereocenters. The van der Waals surface area contributed by atoms with E-state index in [9.17, 15) is 26.7 Å². The lowest BCUT2D eigenvalue weighted by Gasteiger charge is -2.43. The van der Waals surface area contributed by atoms with Crippen molar-refractivity contribution in [3.63, 3.8) is 0 Å². The van der Waals surface area contributed by atoms with Gasteiger partial charge < -0.3 is 20.7 Å². The number of aliphatic imine (C=N–C) groups is 1. The second kappa shape index (κ2) is 11.0. The zero-order valence-corrected chi connectivity index (χ0v) is 20.3. The van der Waals surface area contributed by atoms with E-state index in [1.807, 2.05) is 0 Å². The molecule has 0 aromatic carbocycles. The quantitative estimate of drug-likeness (QED) is 0.322. The number of nitrogens with one attached hydrogen (secondary N) is 1. The Balaban J connectivity index is 1.91. The molecule has 200 valence electrons. The van der Waals surface area contributed by atoms with E-state index < -0.39 is 48.6 Å². The molecule has 1 saturated heterocycles. The fourth-order valence-corrected chi connectivity index (χ4v) is 4.01. The van der Waals surface area contributed by atoms with E-state index in [0.717, 1.165) is 11.1 Å². The number of nitrogens with zero attached hydrogens (tertiary/aromatic N) is 5. The summed E-state index contributed by atoms with van der Waals surface area (Å²) in [5.74, 6) is -4.48. The number of ether oxygens (including phenoxy) is 1. The summed E-state index contributed by atoms with van der Waals surface area (Å²) >= 11 is 0. The van der Waals surface area contributed by atoms with Gasteiger partial charge in [0.05, 0.1) is 37.8 Å². The number of alkyl halides is 5. The fourth-order valence-electron chi connectivity index (χ4n) is 4.01. The number of hydrogen-bond donors (Lipinski definition) is 2. The number of amides is 1. The van der Waals surface area contributed by atoms with Crippen molar-refractivity contribution >= 4 is 23.5 Å². The zero-order chi connectivity index (χ0) is 27.4. The van der Waals surface area contributed by atoms with Crippen LogP contribution < -0.4 is 15.8 Å². The number of anilines is 1. The van der Waals surface area contributed by atoms with E-state index in [1.54, 1.807) is 25.1 Å². The lowest BCUT2D eigenvalue weighted by molar-refractivity contribution is -0.148. The Bertz CT molecular complexity index is 1170. The highest BCUT2D eigenvalue weighted by Gasteiger charge is 2.46. The summed E-state index contributed by atoms with van der Waals surface area (Å²) < 4.78 is 72.4. The van der Waals surface area contributed by atoms with Gasteiger partial charge in [-0.1, -0.05) is 13.0 Å². The largest absolute Gasteiger partial charge is 0.481 e. The van der Waals surface area contributed by atoms with Crippen molar-refractivity contribution in [3.05, 3.63) is 47.7 Å². The molecule has 1 amide bonds.